The molecule has 1 aromatic heterocycles. The van der Waals surface area contributed by atoms with Gasteiger partial charge in [-0.05, 0) is 73.4 Å². The van der Waals surface area contributed by atoms with Gasteiger partial charge < -0.3 is 19.9 Å². The number of esters is 1. The third kappa shape index (κ3) is 10.1. The number of rotatable bonds is 18. The Kier molecular flexibility index (Phi) is 13.9. The van der Waals surface area contributed by atoms with Crippen LogP contribution in [0.25, 0.3) is 21.8 Å². The number of ether oxygens (including phenoxy) is 2. The number of phenolic OH excluding ortho intramolecular Hbond substituents is 1. The van der Waals surface area contributed by atoms with Crippen LogP contribution in [0.15, 0.2) is 97.1 Å². The molecule has 2 N–H and O–H groups in total. The summed E-state index contributed by atoms with van der Waals surface area (Å²) in [6.45, 7) is 3.21. The molecule has 6 aromatic rings. The van der Waals surface area contributed by atoms with Crippen molar-refractivity contribution in [2.75, 3.05) is 23.4 Å². The quantitative estimate of drug-likeness (QED) is 0.0498. The van der Waals surface area contributed by atoms with Gasteiger partial charge in [-0.25, -0.2) is 9.59 Å². The van der Waals surface area contributed by atoms with Gasteiger partial charge >= 0.3 is 12.0 Å². The number of benzene rings is 5. The molecule has 59 heavy (non-hydrogen) atoms. The number of unbranched alkanes of at least 4 members (excludes halogenated alkanes) is 11. The zero-order chi connectivity index (χ0) is 41.0. The first-order valence-corrected chi connectivity index (χ1v) is 21.2. The molecule has 0 saturated carbocycles. The smallest absolute Gasteiger partial charge is 0.366 e. The maximum atomic E-state index is 14.1. The minimum absolute atomic E-state index is 0.100. The third-order valence-corrected chi connectivity index (χ3v) is 10.9. The van der Waals surface area contributed by atoms with E-state index < -0.39 is 17.9 Å². The molecule has 2 amide bonds. The first-order chi connectivity index (χ1) is 28.9. The number of carbonyl (C=O) groups is 3. The molecule has 0 unspecified atom stereocenters. The lowest BCUT2D eigenvalue weighted by Crippen LogP contribution is -2.39. The Morgan fingerprint density at radius 2 is 1.41 bits per heavy atom. The molecule has 306 valence electrons. The summed E-state index contributed by atoms with van der Waals surface area (Å²) in [5, 5.41) is 24.4. The normalized spacial score (nSPS) is 12.4. The number of phenols is 1. The van der Waals surface area contributed by atoms with Crippen LogP contribution < -0.4 is 19.7 Å². The Labute approximate surface area is 345 Å². The van der Waals surface area contributed by atoms with Crippen molar-refractivity contribution in [2.45, 2.75) is 96.8 Å². The fourth-order valence-electron chi connectivity index (χ4n) is 7.75. The fourth-order valence-corrected chi connectivity index (χ4v) is 7.75. The highest BCUT2D eigenvalue weighted by Crippen LogP contribution is 2.40. The summed E-state index contributed by atoms with van der Waals surface area (Å²) in [4.78, 5) is 43.2. The minimum atomic E-state index is -0.550. The summed E-state index contributed by atoms with van der Waals surface area (Å²) in [6.07, 6.45) is 16.6. The van der Waals surface area contributed by atoms with Crippen molar-refractivity contribution in [1.29, 1.82) is 0 Å². The van der Waals surface area contributed by atoms with Crippen molar-refractivity contribution in [3.8, 4) is 17.2 Å². The highest BCUT2D eigenvalue weighted by Gasteiger charge is 2.29. The molecule has 11 nitrogen and oxygen atoms in total. The van der Waals surface area contributed by atoms with Crippen LogP contribution >= 0.6 is 0 Å². The Morgan fingerprint density at radius 1 is 0.729 bits per heavy atom. The standard InChI is InChI=1S/C48H53N5O6/c1-2-3-4-5-6-7-8-9-10-11-12-18-32-58-43-24-17-16-23-41(43)49-46(55)39-29-28-37-38(45(39)54)27-25-34-20-19-31-52(44(34)37)48(57)53-50-40-30-26-35(33-42(40)51-53)47(56)59-36-21-14-13-15-22-36/h13-17,21-30,33,54H,2-12,18-20,31-32H2,1H3,(H,49,55). The molecule has 1 aliphatic rings. The topological polar surface area (TPSA) is 136 Å². The van der Waals surface area contributed by atoms with Crippen LogP contribution in [0.3, 0.4) is 0 Å². The van der Waals surface area contributed by atoms with Gasteiger partial charge in [0.05, 0.1) is 29.1 Å². The number of nitrogens with one attached hydrogen (secondary N) is 1. The SMILES string of the molecule is CCCCCCCCCCCCCCOc1ccccc1NC(=O)c1ccc2c3c(ccc2c1O)CCCN3C(=O)n1nc2ccc(C(=O)Oc3ccccc3)cc2n1. The summed E-state index contributed by atoms with van der Waals surface area (Å²) in [5.41, 5.74) is 3.26. The van der Waals surface area contributed by atoms with Gasteiger partial charge in [0.25, 0.3) is 5.91 Å². The molecule has 7 rings (SSSR count). The van der Waals surface area contributed by atoms with Crippen LogP contribution in [0.2, 0.25) is 0 Å². The Balaban J connectivity index is 0.986. The number of para-hydroxylation sites is 3. The summed E-state index contributed by atoms with van der Waals surface area (Å²) < 4.78 is 11.6. The number of aromatic hydroxyl groups is 1. The van der Waals surface area contributed by atoms with Crippen LogP contribution in [0.1, 0.15) is 117 Å². The van der Waals surface area contributed by atoms with E-state index in [0.29, 0.717) is 64.3 Å². The molecule has 0 spiro atoms. The van der Waals surface area contributed by atoms with Gasteiger partial charge in [0.1, 0.15) is 28.3 Å². The molecule has 5 aromatic carbocycles. The van der Waals surface area contributed by atoms with Crippen LogP contribution in [-0.2, 0) is 6.42 Å². The molecule has 2 heterocycles. The lowest BCUT2D eigenvalue weighted by molar-refractivity contribution is 0.0734. The Morgan fingerprint density at radius 3 is 2.17 bits per heavy atom. The maximum Gasteiger partial charge on any atom is 0.366 e. The van der Waals surface area contributed by atoms with Crippen molar-refractivity contribution in [3.63, 3.8) is 0 Å². The van der Waals surface area contributed by atoms with Gasteiger partial charge in [0.15, 0.2) is 0 Å². The average molecular weight is 796 g/mol. The second kappa shape index (κ2) is 20.0. The van der Waals surface area contributed by atoms with Crippen molar-refractivity contribution in [1.82, 2.24) is 15.0 Å². The van der Waals surface area contributed by atoms with Gasteiger partial charge in [-0.3, -0.25) is 9.69 Å². The number of hydrogen-bond acceptors (Lipinski definition) is 8. The van der Waals surface area contributed by atoms with E-state index in [1.165, 1.54) is 64.2 Å². The first kappa shape index (κ1) is 40.9. The van der Waals surface area contributed by atoms with E-state index in [-0.39, 0.29) is 16.9 Å². The Bertz CT molecular complexity index is 2390. The summed E-state index contributed by atoms with van der Waals surface area (Å²) in [6, 6.07) is 27.4. The Hall–Kier alpha value is -6.23. The second-order valence-electron chi connectivity index (χ2n) is 15.3. The number of nitrogens with zero attached hydrogens (tertiary/aromatic N) is 4. The number of fused-ring (bicyclic) bond motifs is 4. The van der Waals surface area contributed by atoms with E-state index in [4.69, 9.17) is 9.47 Å². The van der Waals surface area contributed by atoms with Gasteiger partial charge in [-0.1, -0.05) is 131 Å². The van der Waals surface area contributed by atoms with E-state index in [0.717, 1.165) is 29.6 Å². The van der Waals surface area contributed by atoms with E-state index in [9.17, 15) is 19.5 Å². The lowest BCUT2D eigenvalue weighted by atomic mass is 9.94. The van der Waals surface area contributed by atoms with Gasteiger partial charge in [-0.15, -0.1) is 10.2 Å². The van der Waals surface area contributed by atoms with Gasteiger partial charge in [0.2, 0.25) is 0 Å². The number of aryl methyl sites for hydroxylation is 1. The molecule has 0 fully saturated rings. The largest absolute Gasteiger partial charge is 0.506 e. The fraction of sp³-hybridized carbons (Fsp3) is 0.354. The molecular weight excluding hydrogens is 743 g/mol. The predicted molar refractivity (Wildman–Crippen MR) is 232 cm³/mol. The number of anilines is 2. The molecule has 0 radical (unpaired) electrons. The zero-order valence-electron chi connectivity index (χ0n) is 33.8. The van der Waals surface area contributed by atoms with E-state index in [2.05, 4.69) is 22.4 Å². The predicted octanol–water partition coefficient (Wildman–Crippen LogP) is 11.3. The minimum Gasteiger partial charge on any atom is -0.506 e. The van der Waals surface area contributed by atoms with Crippen molar-refractivity contribution < 1.29 is 29.0 Å². The first-order valence-electron chi connectivity index (χ1n) is 21.2. The molecular formula is C48H53N5O6. The molecule has 1 aliphatic heterocycles. The molecule has 11 heteroatoms. The lowest BCUT2D eigenvalue weighted by Gasteiger charge is -2.30. The number of aromatic nitrogens is 3. The van der Waals surface area contributed by atoms with Crippen molar-refractivity contribution >= 4 is 51.1 Å². The maximum absolute atomic E-state index is 14.1. The number of carbonyl (C=O) groups excluding carboxylic acids is 3. The van der Waals surface area contributed by atoms with Crippen molar-refractivity contribution in [3.05, 3.63) is 114 Å². The number of hydrogen-bond donors (Lipinski definition) is 2. The highest BCUT2D eigenvalue weighted by molar-refractivity contribution is 6.13. The highest BCUT2D eigenvalue weighted by atomic mass is 16.5. The molecule has 0 bridgehead atoms. The van der Waals surface area contributed by atoms with Crippen molar-refractivity contribution in [2.24, 2.45) is 0 Å². The van der Waals surface area contributed by atoms with E-state index >= 15 is 0 Å². The second-order valence-corrected chi connectivity index (χ2v) is 15.3. The number of amides is 2. The zero-order valence-corrected chi connectivity index (χ0v) is 33.8. The summed E-state index contributed by atoms with van der Waals surface area (Å²) >= 11 is 0. The van der Waals surface area contributed by atoms with E-state index in [1.54, 1.807) is 71.6 Å². The summed E-state index contributed by atoms with van der Waals surface area (Å²) in [7, 11) is 0. The molecule has 0 saturated heterocycles. The van der Waals surface area contributed by atoms with E-state index in [1.807, 2.05) is 30.3 Å². The average Bonchev–Trinajstić information content (AvgIpc) is 3.69. The van der Waals surface area contributed by atoms with Crippen LogP contribution in [-0.4, -0.2) is 51.2 Å². The third-order valence-electron chi connectivity index (χ3n) is 10.9. The molecule has 0 aliphatic carbocycles. The van der Waals surface area contributed by atoms with Crippen LogP contribution in [0, 0.1) is 0 Å². The summed E-state index contributed by atoms with van der Waals surface area (Å²) in [5.74, 6) is -0.215. The van der Waals surface area contributed by atoms with Gasteiger partial charge in [0, 0.05) is 17.3 Å². The van der Waals surface area contributed by atoms with Crippen LogP contribution in [0.4, 0.5) is 16.2 Å². The van der Waals surface area contributed by atoms with Gasteiger partial charge in [-0.2, -0.15) is 0 Å². The van der Waals surface area contributed by atoms with Crippen LogP contribution in [0.5, 0.6) is 17.2 Å². The monoisotopic (exact) mass is 795 g/mol. The molecule has 0 atom stereocenters.